The van der Waals surface area contributed by atoms with Crippen molar-refractivity contribution in [2.75, 3.05) is 5.32 Å². The summed E-state index contributed by atoms with van der Waals surface area (Å²) in [4.78, 5) is 22.3. The molecule has 0 spiro atoms. The first-order chi connectivity index (χ1) is 16.0. The second-order valence-corrected chi connectivity index (χ2v) is 8.55. The largest absolute Gasteiger partial charge is 0.331 e. The molecular weight excluding hydrogens is 479 g/mol. The number of anilines is 1. The normalized spacial score (nSPS) is 11.1. The lowest BCUT2D eigenvalue weighted by Crippen LogP contribution is -2.45. The number of thiocarbonyl (C=S) groups is 1. The fourth-order valence-electron chi connectivity index (χ4n) is 3.58. The fraction of sp³-hybridized carbons (Fsp3) is 0.0435. The minimum absolute atomic E-state index is 0.0222. The molecule has 2 aromatic heterocycles. The molecule has 5 rings (SSSR count). The highest BCUT2D eigenvalue weighted by atomic mass is 35.5. The van der Waals surface area contributed by atoms with Gasteiger partial charge in [0.15, 0.2) is 10.8 Å². The zero-order valence-corrected chi connectivity index (χ0v) is 19.3. The lowest BCUT2D eigenvalue weighted by molar-refractivity contribution is -0.122. The number of para-hydroxylation sites is 1. The van der Waals surface area contributed by atoms with E-state index in [9.17, 15) is 4.79 Å². The number of fused-ring (bicyclic) bond motifs is 4. The van der Waals surface area contributed by atoms with Crippen LogP contribution in [0.3, 0.4) is 0 Å². The molecule has 0 radical (unpaired) electrons. The molecule has 33 heavy (non-hydrogen) atoms. The molecule has 3 N–H and O–H groups in total. The lowest BCUT2D eigenvalue weighted by Gasteiger charge is -2.12. The van der Waals surface area contributed by atoms with Gasteiger partial charge in [-0.1, -0.05) is 41.4 Å². The maximum atomic E-state index is 12.7. The molecule has 0 bridgehead atoms. The van der Waals surface area contributed by atoms with Crippen LogP contribution in [0.2, 0.25) is 10.0 Å². The molecule has 0 aliphatic heterocycles. The van der Waals surface area contributed by atoms with Crippen LogP contribution in [0.1, 0.15) is 0 Å². The summed E-state index contributed by atoms with van der Waals surface area (Å²) in [6.07, 6.45) is 0. The van der Waals surface area contributed by atoms with Crippen molar-refractivity contribution in [2.45, 2.75) is 6.54 Å². The Labute approximate surface area is 203 Å². The molecule has 3 aromatic carbocycles. The van der Waals surface area contributed by atoms with Crippen LogP contribution in [0.15, 0.2) is 66.7 Å². The third-order valence-electron chi connectivity index (χ3n) is 5.03. The number of carbonyl (C=O) groups excluding carboxylic acids is 1. The number of benzene rings is 3. The Bertz CT molecular complexity index is 1530. The monoisotopic (exact) mass is 494 g/mol. The highest BCUT2D eigenvalue weighted by Crippen LogP contribution is 2.28. The van der Waals surface area contributed by atoms with Gasteiger partial charge in [-0.05, 0) is 60.7 Å². The number of aromatic nitrogens is 3. The number of rotatable bonds is 3. The second kappa shape index (κ2) is 8.82. The number of hydrazine groups is 1. The van der Waals surface area contributed by atoms with Gasteiger partial charge in [-0.25, -0.2) is 9.97 Å². The van der Waals surface area contributed by atoms with Gasteiger partial charge in [0.2, 0.25) is 0 Å². The SMILES string of the molecule is O=C(Cn1c2ccccc2c2nc3cc(Cl)ccc3nc21)NNC(=S)Nc1ccc(Cl)cc1. The van der Waals surface area contributed by atoms with Gasteiger partial charge < -0.3 is 9.88 Å². The van der Waals surface area contributed by atoms with Crippen LogP contribution in [-0.4, -0.2) is 25.6 Å². The van der Waals surface area contributed by atoms with E-state index in [0.717, 1.165) is 16.6 Å². The van der Waals surface area contributed by atoms with E-state index in [1.165, 1.54) is 0 Å². The first-order valence-electron chi connectivity index (χ1n) is 9.93. The Morgan fingerprint density at radius 3 is 2.48 bits per heavy atom. The summed E-state index contributed by atoms with van der Waals surface area (Å²) in [6.45, 7) is 0.0222. The van der Waals surface area contributed by atoms with Crippen molar-refractivity contribution in [2.24, 2.45) is 0 Å². The summed E-state index contributed by atoms with van der Waals surface area (Å²) < 4.78 is 1.83. The van der Waals surface area contributed by atoms with E-state index in [0.29, 0.717) is 32.2 Å². The minimum Gasteiger partial charge on any atom is -0.331 e. The van der Waals surface area contributed by atoms with Crippen molar-refractivity contribution in [1.29, 1.82) is 0 Å². The van der Waals surface area contributed by atoms with Gasteiger partial charge in [-0.15, -0.1) is 0 Å². The molecule has 0 saturated heterocycles. The van der Waals surface area contributed by atoms with E-state index in [-0.39, 0.29) is 17.6 Å². The third kappa shape index (κ3) is 4.41. The molecule has 0 aliphatic carbocycles. The average molecular weight is 495 g/mol. The lowest BCUT2D eigenvalue weighted by atomic mass is 10.2. The van der Waals surface area contributed by atoms with E-state index in [1.807, 2.05) is 34.9 Å². The number of halogens is 2. The Kier molecular flexibility index (Phi) is 5.72. The summed E-state index contributed by atoms with van der Waals surface area (Å²) >= 11 is 17.3. The van der Waals surface area contributed by atoms with E-state index in [1.54, 1.807) is 36.4 Å². The Hall–Kier alpha value is -3.46. The number of nitrogens with one attached hydrogen (secondary N) is 3. The number of carbonyl (C=O) groups is 1. The van der Waals surface area contributed by atoms with Crippen molar-refractivity contribution in [1.82, 2.24) is 25.4 Å². The van der Waals surface area contributed by atoms with Crippen molar-refractivity contribution >= 4 is 85.2 Å². The summed E-state index contributed by atoms with van der Waals surface area (Å²) in [5.74, 6) is -0.295. The van der Waals surface area contributed by atoms with Crippen LogP contribution in [0, 0.1) is 0 Å². The quantitative estimate of drug-likeness (QED) is 0.240. The van der Waals surface area contributed by atoms with E-state index in [2.05, 4.69) is 16.2 Å². The standard InChI is InChI=1S/C23H16Cl2N6OS/c24-13-5-8-15(9-6-13)26-23(33)30-29-20(32)12-31-19-4-2-1-3-16(19)21-22(31)28-17-10-7-14(25)11-18(17)27-21/h1-11H,12H2,(H,29,32)(H2,26,30,33). The summed E-state index contributed by atoms with van der Waals surface area (Å²) in [7, 11) is 0. The molecular formula is C23H16Cl2N6OS. The second-order valence-electron chi connectivity index (χ2n) is 7.27. The Morgan fingerprint density at radius 2 is 1.67 bits per heavy atom. The fourth-order valence-corrected chi connectivity index (χ4v) is 4.04. The Balaban J connectivity index is 1.39. The van der Waals surface area contributed by atoms with Gasteiger partial charge in [0.05, 0.1) is 16.6 Å². The molecule has 2 heterocycles. The van der Waals surface area contributed by atoms with Gasteiger partial charge >= 0.3 is 0 Å². The molecule has 5 aromatic rings. The van der Waals surface area contributed by atoms with Crippen LogP contribution in [0.4, 0.5) is 5.69 Å². The topological polar surface area (TPSA) is 83.9 Å². The highest BCUT2D eigenvalue weighted by molar-refractivity contribution is 7.80. The van der Waals surface area contributed by atoms with Crippen molar-refractivity contribution in [3.05, 3.63) is 76.8 Å². The number of hydrogen-bond donors (Lipinski definition) is 3. The van der Waals surface area contributed by atoms with Crippen molar-refractivity contribution in [3.63, 3.8) is 0 Å². The zero-order chi connectivity index (χ0) is 22.9. The number of nitrogens with zero attached hydrogens (tertiary/aromatic N) is 3. The van der Waals surface area contributed by atoms with Crippen LogP contribution in [0.25, 0.3) is 33.1 Å². The van der Waals surface area contributed by atoms with Crippen LogP contribution < -0.4 is 16.2 Å². The van der Waals surface area contributed by atoms with E-state index >= 15 is 0 Å². The van der Waals surface area contributed by atoms with Crippen LogP contribution in [0.5, 0.6) is 0 Å². The smallest absolute Gasteiger partial charge is 0.258 e. The molecule has 0 saturated carbocycles. The van der Waals surface area contributed by atoms with Crippen LogP contribution in [-0.2, 0) is 11.3 Å². The molecule has 0 unspecified atom stereocenters. The van der Waals surface area contributed by atoms with Crippen molar-refractivity contribution < 1.29 is 4.79 Å². The maximum absolute atomic E-state index is 12.7. The maximum Gasteiger partial charge on any atom is 0.258 e. The summed E-state index contributed by atoms with van der Waals surface area (Å²) in [5.41, 5.74) is 9.65. The summed E-state index contributed by atoms with van der Waals surface area (Å²) in [6, 6.07) is 20.1. The van der Waals surface area contributed by atoms with Gasteiger partial charge in [-0.2, -0.15) is 0 Å². The zero-order valence-electron chi connectivity index (χ0n) is 17.0. The van der Waals surface area contributed by atoms with Crippen molar-refractivity contribution in [3.8, 4) is 0 Å². The molecule has 164 valence electrons. The number of amides is 1. The van der Waals surface area contributed by atoms with Crippen LogP contribution >= 0.6 is 35.4 Å². The van der Waals surface area contributed by atoms with E-state index < -0.39 is 0 Å². The summed E-state index contributed by atoms with van der Waals surface area (Å²) in [5, 5.41) is 5.34. The number of hydrogen-bond acceptors (Lipinski definition) is 4. The molecule has 0 atom stereocenters. The Morgan fingerprint density at radius 1 is 0.909 bits per heavy atom. The minimum atomic E-state index is -0.295. The van der Waals surface area contributed by atoms with Gasteiger partial charge in [0.25, 0.3) is 5.91 Å². The van der Waals surface area contributed by atoms with Gasteiger partial charge in [0.1, 0.15) is 12.1 Å². The molecule has 0 aliphatic rings. The first kappa shape index (κ1) is 21.4. The molecule has 1 amide bonds. The third-order valence-corrected chi connectivity index (χ3v) is 5.72. The predicted octanol–water partition coefficient (Wildman–Crippen LogP) is 5.06. The average Bonchev–Trinajstić information content (AvgIpc) is 3.10. The molecule has 10 heteroatoms. The first-order valence-corrected chi connectivity index (χ1v) is 11.1. The van der Waals surface area contributed by atoms with E-state index in [4.69, 9.17) is 45.4 Å². The van der Waals surface area contributed by atoms with Gasteiger partial charge in [0, 0.05) is 21.1 Å². The predicted molar refractivity (Wildman–Crippen MR) is 137 cm³/mol. The highest BCUT2D eigenvalue weighted by Gasteiger charge is 2.16. The van der Waals surface area contributed by atoms with Gasteiger partial charge in [-0.3, -0.25) is 15.6 Å². The molecule has 0 fully saturated rings. The molecule has 7 nitrogen and oxygen atoms in total.